The van der Waals surface area contributed by atoms with Gasteiger partial charge in [-0.2, -0.15) is 0 Å². The standard InChI is InChI=1S/C19H19ClN4O4S2/c1-28-16-5-3-2-4-13(16)12-18-23-24-19(29-18)22-17(25)10-11-21-30(26,27)15-8-6-14(20)7-9-15/h2-9,21H,10-12H2,1H3,(H,22,24,25). The smallest absolute Gasteiger partial charge is 0.240 e. The third kappa shape index (κ3) is 5.99. The van der Waals surface area contributed by atoms with Crippen molar-refractivity contribution in [3.8, 4) is 5.75 Å². The van der Waals surface area contributed by atoms with Crippen molar-refractivity contribution in [3.05, 3.63) is 64.1 Å². The van der Waals surface area contributed by atoms with Crippen LogP contribution >= 0.6 is 22.9 Å². The topological polar surface area (TPSA) is 110 Å². The van der Waals surface area contributed by atoms with E-state index in [1.54, 1.807) is 7.11 Å². The Balaban J connectivity index is 1.50. The van der Waals surface area contributed by atoms with Crippen LogP contribution in [0.2, 0.25) is 5.02 Å². The molecule has 158 valence electrons. The number of hydrogen-bond acceptors (Lipinski definition) is 7. The number of carbonyl (C=O) groups excluding carboxylic acids is 1. The maximum absolute atomic E-state index is 12.2. The van der Waals surface area contributed by atoms with E-state index in [0.717, 1.165) is 16.3 Å². The number of para-hydroxylation sites is 1. The van der Waals surface area contributed by atoms with Crippen LogP contribution in [0, 0.1) is 0 Å². The minimum absolute atomic E-state index is 0.0474. The van der Waals surface area contributed by atoms with Crippen molar-refractivity contribution in [3.63, 3.8) is 0 Å². The van der Waals surface area contributed by atoms with E-state index in [0.29, 0.717) is 16.6 Å². The van der Waals surface area contributed by atoms with Gasteiger partial charge in [-0.25, -0.2) is 13.1 Å². The first-order chi connectivity index (χ1) is 14.4. The number of nitrogens with zero attached hydrogens (tertiary/aromatic N) is 2. The van der Waals surface area contributed by atoms with Gasteiger partial charge in [-0.3, -0.25) is 4.79 Å². The molecule has 0 radical (unpaired) electrons. The summed E-state index contributed by atoms with van der Waals surface area (Å²) in [5.41, 5.74) is 0.964. The predicted molar refractivity (Wildman–Crippen MR) is 116 cm³/mol. The van der Waals surface area contributed by atoms with Crippen LogP contribution in [0.15, 0.2) is 53.4 Å². The molecule has 2 aromatic carbocycles. The van der Waals surface area contributed by atoms with Crippen molar-refractivity contribution < 1.29 is 17.9 Å². The lowest BCUT2D eigenvalue weighted by molar-refractivity contribution is -0.116. The number of carbonyl (C=O) groups is 1. The molecule has 8 nitrogen and oxygen atoms in total. The molecular weight excluding hydrogens is 448 g/mol. The van der Waals surface area contributed by atoms with E-state index >= 15 is 0 Å². The molecule has 3 rings (SSSR count). The van der Waals surface area contributed by atoms with Gasteiger partial charge in [-0.1, -0.05) is 41.1 Å². The third-order valence-electron chi connectivity index (χ3n) is 4.02. The van der Waals surface area contributed by atoms with Crippen LogP contribution in [0.1, 0.15) is 17.0 Å². The molecule has 1 aromatic heterocycles. The number of sulfonamides is 1. The summed E-state index contributed by atoms with van der Waals surface area (Å²) in [5.74, 6) is 0.389. The van der Waals surface area contributed by atoms with E-state index in [2.05, 4.69) is 20.2 Å². The molecule has 1 heterocycles. The maximum Gasteiger partial charge on any atom is 0.240 e. The highest BCUT2D eigenvalue weighted by Gasteiger charge is 2.15. The lowest BCUT2D eigenvalue weighted by atomic mass is 10.1. The molecule has 0 unspecified atom stereocenters. The summed E-state index contributed by atoms with van der Waals surface area (Å²) in [6.45, 7) is -0.0519. The van der Waals surface area contributed by atoms with Gasteiger partial charge < -0.3 is 10.1 Å². The molecule has 0 fully saturated rings. The number of rotatable bonds is 9. The number of anilines is 1. The number of ether oxygens (including phenoxy) is 1. The summed E-state index contributed by atoms with van der Waals surface area (Å²) in [4.78, 5) is 12.2. The fraction of sp³-hybridized carbons (Fsp3) is 0.211. The van der Waals surface area contributed by atoms with Crippen molar-refractivity contribution in [2.75, 3.05) is 19.0 Å². The van der Waals surface area contributed by atoms with Gasteiger partial charge in [0.05, 0.1) is 12.0 Å². The van der Waals surface area contributed by atoms with Gasteiger partial charge in [0.2, 0.25) is 21.1 Å². The van der Waals surface area contributed by atoms with Crippen molar-refractivity contribution in [1.82, 2.24) is 14.9 Å². The van der Waals surface area contributed by atoms with Crippen molar-refractivity contribution in [2.24, 2.45) is 0 Å². The van der Waals surface area contributed by atoms with E-state index in [4.69, 9.17) is 16.3 Å². The normalized spacial score (nSPS) is 11.3. The number of nitrogens with one attached hydrogen (secondary N) is 2. The average molecular weight is 467 g/mol. The van der Waals surface area contributed by atoms with Crippen LogP contribution in [0.5, 0.6) is 5.75 Å². The summed E-state index contributed by atoms with van der Waals surface area (Å²) in [5, 5.41) is 12.2. The first-order valence-corrected chi connectivity index (χ1v) is 11.5. The monoisotopic (exact) mass is 466 g/mol. The zero-order valence-electron chi connectivity index (χ0n) is 16.0. The highest BCUT2D eigenvalue weighted by atomic mass is 35.5. The lowest BCUT2D eigenvalue weighted by Gasteiger charge is -2.06. The maximum atomic E-state index is 12.2. The average Bonchev–Trinajstić information content (AvgIpc) is 3.15. The Morgan fingerprint density at radius 3 is 2.60 bits per heavy atom. The Hall–Kier alpha value is -2.53. The van der Waals surface area contributed by atoms with Crippen LogP contribution in [0.4, 0.5) is 5.13 Å². The Morgan fingerprint density at radius 2 is 1.87 bits per heavy atom. The number of halogens is 1. The fourth-order valence-electron chi connectivity index (χ4n) is 2.57. The molecule has 0 saturated heterocycles. The fourth-order valence-corrected chi connectivity index (χ4v) is 4.50. The van der Waals surface area contributed by atoms with Gasteiger partial charge >= 0.3 is 0 Å². The van der Waals surface area contributed by atoms with E-state index < -0.39 is 10.0 Å². The minimum atomic E-state index is -3.71. The highest BCUT2D eigenvalue weighted by molar-refractivity contribution is 7.89. The molecular formula is C19H19ClN4O4S2. The SMILES string of the molecule is COc1ccccc1Cc1nnc(NC(=O)CCNS(=O)(=O)c2ccc(Cl)cc2)s1. The first kappa shape index (κ1) is 22.2. The van der Waals surface area contributed by atoms with Gasteiger partial charge in [0, 0.05) is 30.0 Å². The zero-order chi connectivity index (χ0) is 21.6. The lowest BCUT2D eigenvalue weighted by Crippen LogP contribution is -2.27. The molecule has 2 N–H and O–H groups in total. The van der Waals surface area contributed by atoms with Crippen molar-refractivity contribution in [1.29, 1.82) is 0 Å². The molecule has 30 heavy (non-hydrogen) atoms. The Morgan fingerprint density at radius 1 is 1.13 bits per heavy atom. The minimum Gasteiger partial charge on any atom is -0.496 e. The summed E-state index contributed by atoms with van der Waals surface area (Å²) < 4.78 is 32.1. The Kier molecular flexibility index (Phi) is 7.38. The van der Waals surface area contributed by atoms with Crippen LogP contribution in [0.25, 0.3) is 0 Å². The number of aromatic nitrogens is 2. The quantitative estimate of drug-likeness (QED) is 0.501. The Labute approximate surface area is 183 Å². The second-order valence-corrected chi connectivity index (χ2v) is 9.40. The van der Waals surface area contributed by atoms with E-state index in [1.165, 1.54) is 35.6 Å². The number of methoxy groups -OCH3 is 1. The molecule has 0 aliphatic carbocycles. The molecule has 0 saturated carbocycles. The Bertz CT molecular complexity index is 1120. The summed E-state index contributed by atoms with van der Waals surface area (Å²) in [6, 6.07) is 13.4. The number of hydrogen-bond donors (Lipinski definition) is 2. The third-order valence-corrected chi connectivity index (χ3v) is 6.58. The largest absolute Gasteiger partial charge is 0.496 e. The summed E-state index contributed by atoms with van der Waals surface area (Å²) >= 11 is 7.01. The van der Waals surface area contributed by atoms with Gasteiger partial charge in [0.1, 0.15) is 10.8 Å². The highest BCUT2D eigenvalue weighted by Crippen LogP contribution is 2.24. The summed E-state index contributed by atoms with van der Waals surface area (Å²) in [7, 11) is -2.11. The number of amides is 1. The molecule has 0 aliphatic rings. The zero-order valence-corrected chi connectivity index (χ0v) is 18.4. The summed E-state index contributed by atoms with van der Waals surface area (Å²) in [6.07, 6.45) is 0.479. The second kappa shape index (κ2) is 9.98. The molecule has 11 heteroatoms. The van der Waals surface area contributed by atoms with Gasteiger partial charge in [0.15, 0.2) is 0 Å². The van der Waals surface area contributed by atoms with Crippen LogP contribution in [-0.2, 0) is 21.2 Å². The van der Waals surface area contributed by atoms with Crippen molar-refractivity contribution >= 4 is 44.0 Å². The van der Waals surface area contributed by atoms with Crippen LogP contribution < -0.4 is 14.8 Å². The molecule has 0 aliphatic heterocycles. The predicted octanol–water partition coefficient (Wildman–Crippen LogP) is 3.10. The first-order valence-electron chi connectivity index (χ1n) is 8.87. The van der Waals surface area contributed by atoms with E-state index in [-0.39, 0.29) is 23.8 Å². The van der Waals surface area contributed by atoms with E-state index in [1.807, 2.05) is 24.3 Å². The molecule has 0 bridgehead atoms. The molecule has 0 atom stereocenters. The second-order valence-electron chi connectivity index (χ2n) is 6.14. The molecule has 1 amide bonds. The van der Waals surface area contributed by atoms with Crippen molar-refractivity contribution in [2.45, 2.75) is 17.7 Å². The van der Waals surface area contributed by atoms with Crippen LogP contribution in [0.3, 0.4) is 0 Å². The number of benzene rings is 2. The van der Waals surface area contributed by atoms with E-state index in [9.17, 15) is 13.2 Å². The van der Waals surface area contributed by atoms with Gasteiger partial charge in [0.25, 0.3) is 0 Å². The van der Waals surface area contributed by atoms with Gasteiger partial charge in [-0.05, 0) is 30.3 Å². The van der Waals surface area contributed by atoms with Crippen LogP contribution in [-0.4, -0.2) is 38.2 Å². The molecule has 0 spiro atoms. The van der Waals surface area contributed by atoms with Gasteiger partial charge in [-0.15, -0.1) is 10.2 Å². The molecule has 3 aromatic rings.